The number of likely N-dealkylation sites (N-methyl/N-ethyl adjacent to an activating group) is 1. The molecule has 2 atom stereocenters. The molecule has 0 aliphatic carbocycles. The Morgan fingerprint density at radius 1 is 0.273 bits per heavy atom. The SMILES string of the molecule is CCCCCCCCCCCCCCCCCCCCCCCCCCCCCCCCCCCCCCCCCCC(=O)OC(COC(=O)CCCCCCCCCCCCCCCCCCCCCCCCCCCCCCCCCCCCC)COP(=O)([O-])OCC[N+](C)(C)C. The Morgan fingerprint density at radius 3 is 0.646 bits per heavy atom. The molecule has 0 bridgehead atoms. The summed E-state index contributed by atoms with van der Waals surface area (Å²) < 4.78 is 34.5. The third-order valence-corrected chi connectivity index (χ3v) is 22.3. The molecule has 0 rings (SSSR count). The van der Waals surface area contributed by atoms with Gasteiger partial charge in [0.15, 0.2) is 6.10 Å². The van der Waals surface area contributed by atoms with Crippen molar-refractivity contribution < 1.29 is 42.1 Å². The van der Waals surface area contributed by atoms with Crippen molar-refractivity contribution >= 4 is 19.8 Å². The second-order valence-electron chi connectivity index (χ2n) is 32.7. The largest absolute Gasteiger partial charge is 0.756 e. The highest BCUT2D eigenvalue weighted by atomic mass is 31.2. The summed E-state index contributed by atoms with van der Waals surface area (Å²) in [7, 11) is 1.20. The Balaban J connectivity index is 3.81. The number of hydrogen-bond acceptors (Lipinski definition) is 8. The van der Waals surface area contributed by atoms with Crippen LogP contribution in [0.4, 0.5) is 0 Å². The summed E-state index contributed by atoms with van der Waals surface area (Å²) in [6.07, 6.45) is 103. The number of carbonyl (C=O) groups excluding carboxylic acids is 2. The first-order valence-corrected chi connectivity index (χ1v) is 46.7. The summed E-state index contributed by atoms with van der Waals surface area (Å²) in [5, 5.41) is 0. The number of carbonyl (C=O) groups is 2. The van der Waals surface area contributed by atoms with Gasteiger partial charge >= 0.3 is 11.9 Å². The second-order valence-corrected chi connectivity index (χ2v) is 34.1. The van der Waals surface area contributed by atoms with E-state index in [2.05, 4.69) is 13.8 Å². The van der Waals surface area contributed by atoms with Crippen molar-refractivity contribution in [3.63, 3.8) is 0 Å². The van der Waals surface area contributed by atoms with Gasteiger partial charge in [0.1, 0.15) is 19.8 Å². The number of rotatable bonds is 87. The van der Waals surface area contributed by atoms with E-state index in [0.29, 0.717) is 17.4 Å². The lowest BCUT2D eigenvalue weighted by molar-refractivity contribution is -0.870. The van der Waals surface area contributed by atoms with E-state index in [1.54, 1.807) is 0 Å². The second kappa shape index (κ2) is 81.1. The molecule has 0 saturated heterocycles. The predicted molar refractivity (Wildman–Crippen MR) is 430 cm³/mol. The van der Waals surface area contributed by atoms with Crippen LogP contribution in [-0.2, 0) is 32.7 Å². The van der Waals surface area contributed by atoms with Crippen LogP contribution in [0, 0.1) is 0 Å². The van der Waals surface area contributed by atoms with E-state index < -0.39 is 26.5 Å². The first-order chi connectivity index (χ1) is 48.5. The van der Waals surface area contributed by atoms with Crippen LogP contribution < -0.4 is 4.89 Å². The standard InChI is InChI=1S/C89H178NO8P/c1-6-8-10-12-14-16-18-20-22-24-26-28-30-32-34-36-38-40-42-43-44-45-46-48-50-52-54-56-58-60-62-64-66-68-70-72-74-76-78-80-82-89(92)98-87(86-97-99(93,94)96-84-83-90(3,4)5)85-95-88(91)81-79-77-75-73-71-69-67-65-63-61-59-57-55-53-51-49-47-41-39-37-35-33-31-29-27-25-23-21-19-17-15-13-11-9-7-2/h87H,6-86H2,1-5H3. The third kappa shape index (κ3) is 85.8. The first kappa shape index (κ1) is 98.0. The van der Waals surface area contributed by atoms with E-state index >= 15 is 0 Å². The van der Waals surface area contributed by atoms with Crippen LogP contribution in [0.15, 0.2) is 0 Å². The van der Waals surface area contributed by atoms with Crippen molar-refractivity contribution in [2.24, 2.45) is 0 Å². The van der Waals surface area contributed by atoms with Crippen LogP contribution in [0.25, 0.3) is 0 Å². The average Bonchev–Trinajstić information content (AvgIpc) is 1.45. The molecule has 0 radical (unpaired) electrons. The number of phosphoric ester groups is 1. The van der Waals surface area contributed by atoms with Crippen molar-refractivity contribution in [2.45, 2.75) is 514 Å². The fourth-order valence-corrected chi connectivity index (χ4v) is 15.2. The lowest BCUT2D eigenvalue weighted by Crippen LogP contribution is -2.37. The molecule has 0 aliphatic rings. The molecule has 0 aromatic carbocycles. The molecular formula is C89H178NO8P. The topological polar surface area (TPSA) is 111 Å². The molecule has 9 nitrogen and oxygen atoms in total. The van der Waals surface area contributed by atoms with E-state index in [1.165, 1.54) is 443 Å². The van der Waals surface area contributed by atoms with Crippen molar-refractivity contribution in [3.8, 4) is 0 Å². The number of quaternary nitrogens is 1. The van der Waals surface area contributed by atoms with E-state index in [1.807, 2.05) is 21.1 Å². The van der Waals surface area contributed by atoms with Crippen LogP contribution in [0.1, 0.15) is 508 Å². The highest BCUT2D eigenvalue weighted by Gasteiger charge is 2.22. The minimum atomic E-state index is -4.64. The van der Waals surface area contributed by atoms with Crippen molar-refractivity contribution in [2.75, 3.05) is 47.5 Å². The highest BCUT2D eigenvalue weighted by molar-refractivity contribution is 7.45. The summed E-state index contributed by atoms with van der Waals surface area (Å²) in [4.78, 5) is 38.3. The fraction of sp³-hybridized carbons (Fsp3) is 0.978. The van der Waals surface area contributed by atoms with Crippen molar-refractivity contribution in [1.82, 2.24) is 0 Å². The van der Waals surface area contributed by atoms with Crippen LogP contribution >= 0.6 is 7.82 Å². The lowest BCUT2D eigenvalue weighted by atomic mass is 10.0. The Bertz CT molecular complexity index is 1620. The molecular weight excluding hydrogens is 1240 g/mol. The molecule has 0 heterocycles. The third-order valence-electron chi connectivity index (χ3n) is 21.4. The van der Waals surface area contributed by atoms with Gasteiger partial charge in [0.05, 0.1) is 27.7 Å². The smallest absolute Gasteiger partial charge is 0.306 e. The number of nitrogens with zero attached hydrogens (tertiary/aromatic N) is 1. The number of phosphoric acid groups is 1. The molecule has 2 unspecified atom stereocenters. The molecule has 0 aromatic rings. The quantitative estimate of drug-likeness (QED) is 0.0256. The van der Waals surface area contributed by atoms with Gasteiger partial charge in [0, 0.05) is 12.8 Å². The maximum absolute atomic E-state index is 12.9. The number of unbranched alkanes of at least 4 members (excludes halogenated alkanes) is 73. The molecule has 592 valence electrons. The molecule has 0 fully saturated rings. The van der Waals surface area contributed by atoms with Crippen LogP contribution in [0.3, 0.4) is 0 Å². The van der Waals surface area contributed by atoms with E-state index in [0.717, 1.165) is 32.1 Å². The Kier molecular flexibility index (Phi) is 80.3. The van der Waals surface area contributed by atoms with Crippen LogP contribution in [-0.4, -0.2) is 70.0 Å². The zero-order chi connectivity index (χ0) is 71.8. The number of hydrogen-bond donors (Lipinski definition) is 0. The van der Waals surface area contributed by atoms with E-state index in [-0.39, 0.29) is 32.0 Å². The normalized spacial score (nSPS) is 12.8. The van der Waals surface area contributed by atoms with Gasteiger partial charge < -0.3 is 27.9 Å². The van der Waals surface area contributed by atoms with Crippen LogP contribution in [0.2, 0.25) is 0 Å². The van der Waals surface area contributed by atoms with Gasteiger partial charge in [0.2, 0.25) is 0 Å². The lowest BCUT2D eigenvalue weighted by Gasteiger charge is -2.28. The predicted octanol–water partition coefficient (Wildman–Crippen LogP) is 29.7. The molecule has 10 heteroatoms. The molecule has 0 aromatic heterocycles. The summed E-state index contributed by atoms with van der Waals surface area (Å²) in [6, 6.07) is 0. The summed E-state index contributed by atoms with van der Waals surface area (Å²) >= 11 is 0. The Labute approximate surface area is 620 Å². The average molecular weight is 1420 g/mol. The number of ether oxygens (including phenoxy) is 2. The fourth-order valence-electron chi connectivity index (χ4n) is 14.5. The minimum Gasteiger partial charge on any atom is -0.756 e. The monoisotopic (exact) mass is 1420 g/mol. The molecule has 0 N–H and O–H groups in total. The zero-order valence-corrected chi connectivity index (χ0v) is 68.9. The minimum absolute atomic E-state index is 0.0245. The highest BCUT2D eigenvalue weighted by Crippen LogP contribution is 2.38. The van der Waals surface area contributed by atoms with E-state index in [4.69, 9.17) is 18.5 Å². The van der Waals surface area contributed by atoms with Gasteiger partial charge in [-0.1, -0.05) is 483 Å². The van der Waals surface area contributed by atoms with Crippen molar-refractivity contribution in [3.05, 3.63) is 0 Å². The molecule has 0 saturated carbocycles. The molecule has 0 aliphatic heterocycles. The van der Waals surface area contributed by atoms with Crippen LogP contribution in [0.5, 0.6) is 0 Å². The van der Waals surface area contributed by atoms with Gasteiger partial charge in [-0.25, -0.2) is 0 Å². The van der Waals surface area contributed by atoms with Gasteiger partial charge in [0.25, 0.3) is 7.82 Å². The zero-order valence-electron chi connectivity index (χ0n) is 68.0. The van der Waals surface area contributed by atoms with Gasteiger partial charge in [-0.05, 0) is 12.8 Å². The molecule has 0 amide bonds. The van der Waals surface area contributed by atoms with Gasteiger partial charge in [-0.15, -0.1) is 0 Å². The summed E-state index contributed by atoms with van der Waals surface area (Å²) in [5.41, 5.74) is 0. The summed E-state index contributed by atoms with van der Waals surface area (Å²) in [5.74, 6) is -0.798. The maximum atomic E-state index is 12.9. The first-order valence-electron chi connectivity index (χ1n) is 45.2. The summed E-state index contributed by atoms with van der Waals surface area (Å²) in [6.45, 7) is 4.36. The molecule has 99 heavy (non-hydrogen) atoms. The maximum Gasteiger partial charge on any atom is 0.306 e. The molecule has 0 spiro atoms. The van der Waals surface area contributed by atoms with Gasteiger partial charge in [-0.3, -0.25) is 14.2 Å². The Morgan fingerprint density at radius 2 is 0.455 bits per heavy atom. The van der Waals surface area contributed by atoms with Crippen molar-refractivity contribution in [1.29, 1.82) is 0 Å². The Hall–Kier alpha value is -0.990. The number of esters is 2. The van der Waals surface area contributed by atoms with E-state index in [9.17, 15) is 19.0 Å². The van der Waals surface area contributed by atoms with Gasteiger partial charge in [-0.2, -0.15) is 0 Å².